The summed E-state index contributed by atoms with van der Waals surface area (Å²) < 4.78 is 20.2. The highest BCUT2D eigenvalue weighted by Gasteiger charge is 2.26. The van der Waals surface area contributed by atoms with Crippen molar-refractivity contribution in [1.29, 1.82) is 0 Å². The molecule has 24 heavy (non-hydrogen) atoms. The van der Waals surface area contributed by atoms with Gasteiger partial charge in [0.2, 0.25) is 0 Å². The van der Waals surface area contributed by atoms with E-state index in [4.69, 9.17) is 4.74 Å². The molecular formula is C17H21Br2FN2O2. The molecular weight excluding hydrogens is 443 g/mol. The van der Waals surface area contributed by atoms with E-state index in [2.05, 4.69) is 36.8 Å². The van der Waals surface area contributed by atoms with Gasteiger partial charge in [-0.05, 0) is 76.9 Å². The quantitative estimate of drug-likeness (QED) is 0.620. The molecule has 0 atom stereocenters. The Balaban J connectivity index is 1.98. The summed E-state index contributed by atoms with van der Waals surface area (Å²) >= 11 is 6.47. The summed E-state index contributed by atoms with van der Waals surface area (Å²) in [5, 5.41) is 0. The second-order valence-corrected chi connectivity index (χ2v) is 9.37. The normalized spacial score (nSPS) is 15.2. The minimum absolute atomic E-state index is 0.279. The lowest BCUT2D eigenvalue weighted by atomic mass is 10.1. The molecule has 132 valence electrons. The average molecular weight is 464 g/mol. The van der Waals surface area contributed by atoms with Gasteiger partial charge in [-0.3, -0.25) is 0 Å². The lowest BCUT2D eigenvalue weighted by Gasteiger charge is -2.36. The number of halogens is 3. The van der Waals surface area contributed by atoms with Gasteiger partial charge in [0, 0.05) is 37.4 Å². The SMILES string of the molecule is CC(C)(C)OC(=O)N1CCN(c2ccc(C=C(Br)Br)c(F)c2)CC1. The summed E-state index contributed by atoms with van der Waals surface area (Å²) in [6, 6.07) is 5.16. The van der Waals surface area contributed by atoms with E-state index in [-0.39, 0.29) is 11.9 Å². The average Bonchev–Trinajstić information content (AvgIpc) is 2.47. The molecule has 0 unspecified atom stereocenters. The van der Waals surface area contributed by atoms with Crippen LogP contribution in [0.15, 0.2) is 21.6 Å². The number of hydrogen-bond acceptors (Lipinski definition) is 3. The van der Waals surface area contributed by atoms with Crippen molar-refractivity contribution in [2.45, 2.75) is 26.4 Å². The molecule has 7 heteroatoms. The van der Waals surface area contributed by atoms with E-state index in [1.807, 2.05) is 26.8 Å². The molecule has 0 radical (unpaired) electrons. The van der Waals surface area contributed by atoms with Gasteiger partial charge in [-0.2, -0.15) is 0 Å². The predicted molar refractivity (Wildman–Crippen MR) is 102 cm³/mol. The van der Waals surface area contributed by atoms with Crippen molar-refractivity contribution in [1.82, 2.24) is 4.90 Å². The fourth-order valence-electron chi connectivity index (χ4n) is 2.42. The molecule has 1 aliphatic heterocycles. The van der Waals surface area contributed by atoms with E-state index in [9.17, 15) is 9.18 Å². The third-order valence-corrected chi connectivity index (χ3v) is 4.00. The van der Waals surface area contributed by atoms with Crippen molar-refractivity contribution in [3.05, 3.63) is 33.0 Å². The largest absolute Gasteiger partial charge is 0.444 e. The maximum atomic E-state index is 14.2. The Morgan fingerprint density at radius 1 is 1.21 bits per heavy atom. The van der Waals surface area contributed by atoms with Crippen LogP contribution in [-0.2, 0) is 4.74 Å². The van der Waals surface area contributed by atoms with Crippen LogP contribution < -0.4 is 4.90 Å². The predicted octanol–water partition coefficient (Wildman–Crippen LogP) is 4.97. The van der Waals surface area contributed by atoms with Crippen LogP contribution in [0.2, 0.25) is 0 Å². The first-order valence-corrected chi connectivity index (χ1v) is 9.29. The van der Waals surface area contributed by atoms with E-state index in [0.717, 1.165) is 5.69 Å². The molecule has 0 N–H and O–H groups in total. The van der Waals surface area contributed by atoms with Crippen molar-refractivity contribution in [2.75, 3.05) is 31.1 Å². The molecule has 4 nitrogen and oxygen atoms in total. The molecule has 0 aromatic heterocycles. The summed E-state index contributed by atoms with van der Waals surface area (Å²) in [4.78, 5) is 15.8. The number of carbonyl (C=O) groups is 1. The Hall–Kier alpha value is -1.08. The minimum atomic E-state index is -0.496. The molecule has 1 amide bonds. The van der Waals surface area contributed by atoms with Gasteiger partial charge < -0.3 is 14.5 Å². The number of carbonyl (C=O) groups excluding carboxylic acids is 1. The fraction of sp³-hybridized carbons (Fsp3) is 0.471. The topological polar surface area (TPSA) is 32.8 Å². The Bertz CT molecular complexity index is 632. The molecule has 0 aliphatic carbocycles. The summed E-state index contributed by atoms with van der Waals surface area (Å²) in [6.07, 6.45) is 1.37. The number of ether oxygens (including phenoxy) is 1. The van der Waals surface area contributed by atoms with Gasteiger partial charge >= 0.3 is 6.09 Å². The van der Waals surface area contributed by atoms with Crippen molar-refractivity contribution in [3.63, 3.8) is 0 Å². The highest BCUT2D eigenvalue weighted by atomic mass is 79.9. The van der Waals surface area contributed by atoms with E-state index < -0.39 is 5.60 Å². The Morgan fingerprint density at radius 2 is 1.83 bits per heavy atom. The highest BCUT2D eigenvalue weighted by molar-refractivity contribution is 9.28. The standard InChI is InChI=1S/C17H21Br2FN2O2/c1-17(2,3)24-16(23)22-8-6-21(7-9-22)13-5-4-12(10-15(18)19)14(20)11-13/h4-5,10-11H,6-9H2,1-3H3. The van der Waals surface area contributed by atoms with Gasteiger partial charge in [0.25, 0.3) is 0 Å². The molecule has 0 spiro atoms. The van der Waals surface area contributed by atoms with Gasteiger partial charge in [-0.25, -0.2) is 9.18 Å². The van der Waals surface area contributed by atoms with Gasteiger partial charge in [0.05, 0.1) is 3.39 Å². The molecule has 0 saturated carbocycles. The number of amides is 1. The highest BCUT2D eigenvalue weighted by Crippen LogP contribution is 2.24. The second-order valence-electron chi connectivity index (χ2n) is 6.59. The third-order valence-electron chi connectivity index (χ3n) is 3.55. The van der Waals surface area contributed by atoms with Crippen LogP contribution in [0, 0.1) is 5.82 Å². The third kappa shape index (κ3) is 5.48. The smallest absolute Gasteiger partial charge is 0.410 e. The second kappa shape index (κ2) is 7.87. The van der Waals surface area contributed by atoms with Gasteiger partial charge in [-0.1, -0.05) is 0 Å². The summed E-state index contributed by atoms with van der Waals surface area (Å²) in [6.45, 7) is 7.98. The molecule has 1 fully saturated rings. The maximum Gasteiger partial charge on any atom is 0.410 e. The number of piperazine rings is 1. The van der Waals surface area contributed by atoms with Crippen LogP contribution in [0.25, 0.3) is 6.08 Å². The Kier molecular flexibility index (Phi) is 6.31. The van der Waals surface area contributed by atoms with Gasteiger partial charge in [0.15, 0.2) is 0 Å². The number of nitrogens with zero attached hydrogens (tertiary/aromatic N) is 2. The molecule has 2 rings (SSSR count). The first-order valence-electron chi connectivity index (χ1n) is 7.71. The zero-order valence-electron chi connectivity index (χ0n) is 14.0. The van der Waals surface area contributed by atoms with E-state index in [0.29, 0.717) is 35.1 Å². The molecule has 1 heterocycles. The van der Waals surface area contributed by atoms with Crippen LogP contribution in [0.3, 0.4) is 0 Å². The summed E-state index contributed by atoms with van der Waals surface area (Å²) in [5.74, 6) is -0.279. The summed E-state index contributed by atoms with van der Waals surface area (Å²) in [5.41, 5.74) is 0.832. The monoisotopic (exact) mass is 462 g/mol. The van der Waals surface area contributed by atoms with Crippen molar-refractivity contribution >= 4 is 49.7 Å². The van der Waals surface area contributed by atoms with Crippen LogP contribution >= 0.6 is 31.9 Å². The molecule has 1 aromatic rings. The van der Waals surface area contributed by atoms with Crippen LogP contribution in [-0.4, -0.2) is 42.8 Å². The van der Waals surface area contributed by atoms with E-state index in [1.54, 1.807) is 17.0 Å². The van der Waals surface area contributed by atoms with Crippen molar-refractivity contribution in [3.8, 4) is 0 Å². The lowest BCUT2D eigenvalue weighted by Crippen LogP contribution is -2.50. The number of rotatable bonds is 2. The van der Waals surface area contributed by atoms with Crippen LogP contribution in [0.5, 0.6) is 0 Å². The summed E-state index contributed by atoms with van der Waals surface area (Å²) in [7, 11) is 0. The van der Waals surface area contributed by atoms with E-state index >= 15 is 0 Å². The zero-order valence-corrected chi connectivity index (χ0v) is 17.2. The number of anilines is 1. The van der Waals surface area contributed by atoms with Gasteiger partial charge in [-0.15, -0.1) is 0 Å². The van der Waals surface area contributed by atoms with Crippen LogP contribution in [0.1, 0.15) is 26.3 Å². The fourth-order valence-corrected chi connectivity index (χ4v) is 2.91. The molecule has 1 saturated heterocycles. The van der Waals surface area contributed by atoms with Crippen LogP contribution in [0.4, 0.5) is 14.9 Å². The number of hydrogen-bond donors (Lipinski definition) is 0. The van der Waals surface area contributed by atoms with Crippen molar-refractivity contribution < 1.29 is 13.9 Å². The molecule has 1 aliphatic rings. The first kappa shape index (κ1) is 19.2. The Morgan fingerprint density at radius 3 is 2.33 bits per heavy atom. The minimum Gasteiger partial charge on any atom is -0.444 e. The Labute approximate surface area is 158 Å². The van der Waals surface area contributed by atoms with E-state index in [1.165, 1.54) is 6.07 Å². The van der Waals surface area contributed by atoms with Crippen molar-refractivity contribution in [2.24, 2.45) is 0 Å². The van der Waals surface area contributed by atoms with Gasteiger partial charge in [0.1, 0.15) is 11.4 Å². The maximum absolute atomic E-state index is 14.2. The molecule has 0 bridgehead atoms. The lowest BCUT2D eigenvalue weighted by molar-refractivity contribution is 0.0240. The first-order chi connectivity index (χ1) is 11.2. The molecule has 1 aromatic carbocycles. The zero-order chi connectivity index (χ0) is 17.9. The number of benzene rings is 1.